The standard InChI is InChI=1S/C7H8F3N5OS/c1-3-12-15(5(16)11-2)6-14-13-4(17-6)7(8,9)10/h3H,1-2H3,(H,11,16). The summed E-state index contributed by atoms with van der Waals surface area (Å²) in [6, 6.07) is -0.701. The molecule has 0 unspecified atom stereocenters. The second-order valence-corrected chi connectivity index (χ2v) is 3.58. The van der Waals surface area contributed by atoms with Crippen LogP contribution in [0.4, 0.5) is 23.1 Å². The summed E-state index contributed by atoms with van der Waals surface area (Å²) in [6.07, 6.45) is -3.33. The molecule has 1 N–H and O–H groups in total. The van der Waals surface area contributed by atoms with Gasteiger partial charge < -0.3 is 5.32 Å². The second kappa shape index (κ2) is 5.08. The van der Waals surface area contributed by atoms with E-state index in [0.29, 0.717) is 5.01 Å². The topological polar surface area (TPSA) is 70.5 Å². The van der Waals surface area contributed by atoms with Gasteiger partial charge in [-0.3, -0.25) is 0 Å². The maximum absolute atomic E-state index is 12.3. The van der Waals surface area contributed by atoms with E-state index in [4.69, 9.17) is 0 Å². The Bertz CT molecular complexity index is 429. The van der Waals surface area contributed by atoms with Gasteiger partial charge in [-0.2, -0.15) is 23.3 Å². The molecule has 0 aliphatic heterocycles. The van der Waals surface area contributed by atoms with E-state index < -0.39 is 17.2 Å². The first-order valence-electron chi connectivity index (χ1n) is 4.31. The van der Waals surface area contributed by atoms with E-state index in [1.54, 1.807) is 0 Å². The van der Waals surface area contributed by atoms with Crippen molar-refractivity contribution in [2.75, 3.05) is 12.1 Å². The number of alkyl halides is 3. The molecule has 6 nitrogen and oxygen atoms in total. The van der Waals surface area contributed by atoms with Crippen molar-refractivity contribution < 1.29 is 18.0 Å². The number of amides is 2. The van der Waals surface area contributed by atoms with Gasteiger partial charge in [0.2, 0.25) is 10.1 Å². The molecule has 0 radical (unpaired) electrons. The van der Waals surface area contributed by atoms with Crippen molar-refractivity contribution in [2.45, 2.75) is 13.1 Å². The fourth-order valence-electron chi connectivity index (χ4n) is 0.826. The van der Waals surface area contributed by atoms with Crippen LogP contribution >= 0.6 is 11.3 Å². The number of halogens is 3. The van der Waals surface area contributed by atoms with Gasteiger partial charge in [-0.15, -0.1) is 10.2 Å². The SMILES string of the molecule is CC=NN(C(=O)NC)c1nnc(C(F)(F)F)s1. The van der Waals surface area contributed by atoms with E-state index in [-0.39, 0.29) is 16.5 Å². The molecular formula is C7H8F3N5OS. The van der Waals surface area contributed by atoms with Crippen LogP contribution in [0.5, 0.6) is 0 Å². The number of nitrogens with zero attached hydrogens (tertiary/aromatic N) is 4. The third kappa shape index (κ3) is 3.12. The largest absolute Gasteiger partial charge is 0.445 e. The van der Waals surface area contributed by atoms with Crippen molar-refractivity contribution in [2.24, 2.45) is 5.10 Å². The third-order valence-corrected chi connectivity index (χ3v) is 2.42. The average Bonchev–Trinajstić information content (AvgIpc) is 2.73. The quantitative estimate of drug-likeness (QED) is 0.655. The Morgan fingerprint density at radius 2 is 2.18 bits per heavy atom. The summed E-state index contributed by atoms with van der Waals surface area (Å²) in [5.74, 6) is 0. The number of carbonyl (C=O) groups excluding carboxylic acids is 1. The second-order valence-electron chi connectivity index (χ2n) is 2.63. The van der Waals surface area contributed by atoms with Gasteiger partial charge in [0.15, 0.2) is 0 Å². The maximum Gasteiger partial charge on any atom is 0.445 e. The van der Waals surface area contributed by atoms with Gasteiger partial charge in [0, 0.05) is 13.3 Å². The van der Waals surface area contributed by atoms with Gasteiger partial charge in [-0.1, -0.05) is 11.3 Å². The van der Waals surface area contributed by atoms with Gasteiger partial charge in [0.25, 0.3) is 0 Å². The Balaban J connectivity index is 3.04. The lowest BCUT2D eigenvalue weighted by Gasteiger charge is -2.11. The van der Waals surface area contributed by atoms with E-state index in [1.807, 2.05) is 0 Å². The van der Waals surface area contributed by atoms with Crippen LogP contribution in [0.25, 0.3) is 0 Å². The fourth-order valence-corrected chi connectivity index (χ4v) is 1.49. The molecule has 0 spiro atoms. The highest BCUT2D eigenvalue weighted by molar-refractivity contribution is 7.15. The smallest absolute Gasteiger partial charge is 0.339 e. The molecule has 0 saturated heterocycles. The number of rotatable bonds is 2. The van der Waals surface area contributed by atoms with Crippen molar-refractivity contribution in [3.8, 4) is 0 Å². The predicted molar refractivity (Wildman–Crippen MR) is 56.0 cm³/mol. The number of hydrogen-bond donors (Lipinski definition) is 1. The number of hydrogen-bond acceptors (Lipinski definition) is 5. The monoisotopic (exact) mass is 267 g/mol. The highest BCUT2D eigenvalue weighted by Gasteiger charge is 2.36. The molecule has 1 rings (SSSR count). The van der Waals surface area contributed by atoms with Crippen LogP contribution in [0, 0.1) is 0 Å². The van der Waals surface area contributed by atoms with Crippen molar-refractivity contribution in [3.05, 3.63) is 5.01 Å². The van der Waals surface area contributed by atoms with Crippen LogP contribution in [-0.2, 0) is 6.18 Å². The van der Waals surface area contributed by atoms with Crippen LogP contribution in [0.3, 0.4) is 0 Å². The maximum atomic E-state index is 12.3. The molecular weight excluding hydrogens is 259 g/mol. The molecule has 0 fully saturated rings. The molecule has 0 saturated carbocycles. The minimum Gasteiger partial charge on any atom is -0.339 e. The summed E-state index contributed by atoms with van der Waals surface area (Å²) in [5, 5.41) is 11.4. The zero-order valence-corrected chi connectivity index (χ0v) is 9.63. The number of anilines is 1. The third-order valence-electron chi connectivity index (χ3n) is 1.48. The predicted octanol–water partition coefficient (Wildman–Crippen LogP) is 1.71. The van der Waals surface area contributed by atoms with E-state index in [9.17, 15) is 18.0 Å². The number of nitrogens with one attached hydrogen (secondary N) is 1. The molecule has 1 aromatic rings. The molecule has 17 heavy (non-hydrogen) atoms. The van der Waals surface area contributed by atoms with Crippen molar-refractivity contribution in [3.63, 3.8) is 0 Å². The Labute approximate surface area is 98.1 Å². The first kappa shape index (κ1) is 13.4. The Hall–Kier alpha value is -1.71. The van der Waals surface area contributed by atoms with Crippen LogP contribution in [-0.4, -0.2) is 29.5 Å². The van der Waals surface area contributed by atoms with Gasteiger partial charge in [0.1, 0.15) is 0 Å². The molecule has 94 valence electrons. The van der Waals surface area contributed by atoms with Crippen LogP contribution in [0.1, 0.15) is 11.9 Å². The molecule has 1 aromatic heterocycles. The average molecular weight is 267 g/mol. The highest BCUT2D eigenvalue weighted by atomic mass is 32.1. The molecule has 2 amide bonds. The fraction of sp³-hybridized carbons (Fsp3) is 0.429. The van der Waals surface area contributed by atoms with Crippen LogP contribution < -0.4 is 10.3 Å². The molecule has 1 heterocycles. The summed E-state index contributed by atoms with van der Waals surface area (Å²) < 4.78 is 36.9. The Kier molecular flexibility index (Phi) is 3.99. The summed E-state index contributed by atoms with van der Waals surface area (Å²) in [5.41, 5.74) is 0. The van der Waals surface area contributed by atoms with Crippen LogP contribution in [0.2, 0.25) is 0 Å². The lowest BCUT2D eigenvalue weighted by atomic mass is 10.7. The van der Waals surface area contributed by atoms with Crippen molar-refractivity contribution in [1.29, 1.82) is 0 Å². The Morgan fingerprint density at radius 1 is 1.53 bits per heavy atom. The Morgan fingerprint density at radius 3 is 2.59 bits per heavy atom. The molecule has 0 aliphatic rings. The minimum absolute atomic E-state index is 0.236. The van der Waals surface area contributed by atoms with E-state index in [2.05, 4.69) is 20.6 Å². The molecule has 10 heteroatoms. The van der Waals surface area contributed by atoms with E-state index in [1.165, 1.54) is 20.2 Å². The zero-order chi connectivity index (χ0) is 13.1. The minimum atomic E-state index is -4.58. The zero-order valence-electron chi connectivity index (χ0n) is 8.82. The number of aromatic nitrogens is 2. The number of urea groups is 1. The van der Waals surface area contributed by atoms with Gasteiger partial charge >= 0.3 is 12.2 Å². The molecule has 0 bridgehead atoms. The van der Waals surface area contributed by atoms with Crippen molar-refractivity contribution in [1.82, 2.24) is 15.5 Å². The highest BCUT2D eigenvalue weighted by Crippen LogP contribution is 2.34. The van der Waals surface area contributed by atoms with E-state index in [0.717, 1.165) is 0 Å². The normalized spacial score (nSPS) is 11.8. The van der Waals surface area contributed by atoms with Gasteiger partial charge in [-0.25, -0.2) is 4.79 Å². The summed E-state index contributed by atoms with van der Waals surface area (Å²) in [6.45, 7) is 1.52. The molecule has 0 aliphatic carbocycles. The molecule has 0 atom stereocenters. The summed E-state index contributed by atoms with van der Waals surface area (Å²) >= 11 is 0.236. The lowest BCUT2D eigenvalue weighted by molar-refractivity contribution is -0.138. The number of hydrazone groups is 1. The van der Waals surface area contributed by atoms with Crippen molar-refractivity contribution >= 4 is 28.7 Å². The van der Waals surface area contributed by atoms with Gasteiger partial charge in [-0.05, 0) is 6.92 Å². The lowest BCUT2D eigenvalue weighted by Crippen LogP contribution is -2.34. The van der Waals surface area contributed by atoms with Crippen LogP contribution in [0.15, 0.2) is 5.10 Å². The first-order valence-corrected chi connectivity index (χ1v) is 5.13. The van der Waals surface area contributed by atoms with E-state index >= 15 is 0 Å². The summed E-state index contributed by atoms with van der Waals surface area (Å²) in [4.78, 5) is 11.3. The van der Waals surface area contributed by atoms with Gasteiger partial charge in [0.05, 0.1) is 0 Å². The first-order chi connectivity index (χ1) is 7.90. The number of carbonyl (C=O) groups is 1. The molecule has 0 aromatic carbocycles. The summed E-state index contributed by atoms with van der Waals surface area (Å²) in [7, 11) is 1.33.